The van der Waals surface area contributed by atoms with E-state index >= 15 is 0 Å². The Morgan fingerprint density at radius 2 is 2.27 bits per heavy atom. The van der Waals surface area contributed by atoms with E-state index in [0.717, 1.165) is 0 Å². The Morgan fingerprint density at radius 3 is 2.96 bits per heavy atom. The molecule has 0 fully saturated rings. The smallest absolute Gasteiger partial charge is 0.327 e. The maximum atomic E-state index is 14.5. The van der Waals surface area contributed by atoms with Crippen LogP contribution < -0.4 is 5.32 Å². The van der Waals surface area contributed by atoms with Gasteiger partial charge in [0.15, 0.2) is 0 Å². The summed E-state index contributed by atoms with van der Waals surface area (Å²) in [5.41, 5.74) is 1.52. The first-order valence-corrected chi connectivity index (χ1v) is 9.43. The standard InChI is InChI=1S/C17H17ClFN3O3S/c1-3-25-13(24)7-22-17-14(9(2)21-22)16(26-8-12(23)20-17)15-10(18)5-4-6-11(15)19/h4-6,16H,3,7-8H2,1-2H3,(H,20,23)/t16-/m1/s1. The Bertz CT molecular complexity index is 851. The van der Waals surface area contributed by atoms with Crippen LogP contribution in [0.4, 0.5) is 10.2 Å². The van der Waals surface area contributed by atoms with Gasteiger partial charge in [0.05, 0.1) is 23.3 Å². The van der Waals surface area contributed by atoms with E-state index in [-0.39, 0.29) is 29.8 Å². The fraction of sp³-hybridized carbons (Fsp3) is 0.353. The summed E-state index contributed by atoms with van der Waals surface area (Å²) in [4.78, 5) is 24.0. The lowest BCUT2D eigenvalue weighted by atomic mass is 10.0. The number of fused-ring (bicyclic) bond motifs is 1. The molecule has 9 heteroatoms. The molecule has 26 heavy (non-hydrogen) atoms. The van der Waals surface area contributed by atoms with Crippen molar-refractivity contribution in [3.05, 3.63) is 45.9 Å². The van der Waals surface area contributed by atoms with Gasteiger partial charge in [-0.2, -0.15) is 5.10 Å². The van der Waals surface area contributed by atoms with Gasteiger partial charge >= 0.3 is 5.97 Å². The normalized spacial score (nSPS) is 16.6. The minimum Gasteiger partial charge on any atom is -0.465 e. The third-order valence-corrected chi connectivity index (χ3v) is 5.48. The fourth-order valence-corrected chi connectivity index (χ4v) is 4.47. The minimum absolute atomic E-state index is 0.128. The number of aryl methyl sites for hydroxylation is 1. The van der Waals surface area contributed by atoms with Crippen LogP contribution in [0.5, 0.6) is 0 Å². The molecule has 1 N–H and O–H groups in total. The Balaban J connectivity index is 2.11. The molecule has 0 spiro atoms. The second-order valence-corrected chi connectivity index (χ2v) is 7.19. The van der Waals surface area contributed by atoms with E-state index in [1.807, 2.05) is 0 Å². The van der Waals surface area contributed by atoms with E-state index in [4.69, 9.17) is 16.3 Å². The van der Waals surface area contributed by atoms with Crippen LogP contribution in [0.2, 0.25) is 5.02 Å². The number of benzene rings is 1. The van der Waals surface area contributed by atoms with Gasteiger partial charge in [-0.05, 0) is 26.0 Å². The van der Waals surface area contributed by atoms with E-state index in [1.54, 1.807) is 19.9 Å². The largest absolute Gasteiger partial charge is 0.465 e. The summed E-state index contributed by atoms with van der Waals surface area (Å²) in [6.07, 6.45) is 0. The van der Waals surface area contributed by atoms with Gasteiger partial charge in [0.25, 0.3) is 0 Å². The predicted molar refractivity (Wildman–Crippen MR) is 97.9 cm³/mol. The number of halogens is 2. The van der Waals surface area contributed by atoms with Gasteiger partial charge < -0.3 is 10.1 Å². The van der Waals surface area contributed by atoms with Crippen LogP contribution in [0.15, 0.2) is 18.2 Å². The number of esters is 1. The molecule has 6 nitrogen and oxygen atoms in total. The number of nitrogens with zero attached hydrogens (tertiary/aromatic N) is 2. The van der Waals surface area contributed by atoms with E-state index < -0.39 is 17.0 Å². The molecule has 1 aromatic heterocycles. The molecule has 138 valence electrons. The fourth-order valence-electron chi connectivity index (χ4n) is 2.88. The second-order valence-electron chi connectivity index (χ2n) is 5.68. The van der Waals surface area contributed by atoms with E-state index in [9.17, 15) is 14.0 Å². The number of hydrogen-bond donors (Lipinski definition) is 1. The highest BCUT2D eigenvalue weighted by Crippen LogP contribution is 2.46. The van der Waals surface area contributed by atoms with Gasteiger partial charge in [0.2, 0.25) is 5.91 Å². The summed E-state index contributed by atoms with van der Waals surface area (Å²) in [5.74, 6) is -0.675. The summed E-state index contributed by atoms with van der Waals surface area (Å²) in [5, 5.41) is 6.87. The van der Waals surface area contributed by atoms with Crippen LogP contribution in [0.25, 0.3) is 0 Å². The van der Waals surface area contributed by atoms with Crippen molar-refractivity contribution in [3.8, 4) is 0 Å². The molecule has 0 radical (unpaired) electrons. The molecule has 0 aliphatic carbocycles. The van der Waals surface area contributed by atoms with Crippen LogP contribution in [-0.2, 0) is 20.9 Å². The number of carbonyl (C=O) groups is 2. The number of nitrogens with one attached hydrogen (secondary N) is 1. The van der Waals surface area contributed by atoms with Crippen molar-refractivity contribution in [2.75, 3.05) is 17.7 Å². The number of hydrogen-bond acceptors (Lipinski definition) is 5. The summed E-state index contributed by atoms with van der Waals surface area (Å²) < 4.78 is 20.8. The Kier molecular flexibility index (Phi) is 5.52. The molecule has 0 bridgehead atoms. The third kappa shape index (κ3) is 3.57. The van der Waals surface area contributed by atoms with Crippen molar-refractivity contribution < 1.29 is 18.7 Å². The van der Waals surface area contributed by atoms with Crippen LogP contribution in [0.1, 0.15) is 29.0 Å². The van der Waals surface area contributed by atoms with Gasteiger partial charge in [0.1, 0.15) is 18.2 Å². The Hall–Kier alpha value is -2.06. The highest BCUT2D eigenvalue weighted by Gasteiger charge is 2.33. The molecule has 3 rings (SSSR count). The lowest BCUT2D eigenvalue weighted by Crippen LogP contribution is -2.20. The first-order chi connectivity index (χ1) is 12.4. The molecule has 1 atom stereocenters. The van der Waals surface area contributed by atoms with Crippen LogP contribution in [0, 0.1) is 12.7 Å². The maximum Gasteiger partial charge on any atom is 0.327 e. The first kappa shape index (κ1) is 18.7. The molecular formula is C17H17ClFN3O3S. The maximum absolute atomic E-state index is 14.5. The molecule has 1 amide bonds. The number of carbonyl (C=O) groups excluding carboxylic acids is 2. The third-order valence-electron chi connectivity index (χ3n) is 3.92. The van der Waals surface area contributed by atoms with Crippen molar-refractivity contribution in [1.82, 2.24) is 9.78 Å². The molecule has 2 aromatic rings. The highest BCUT2D eigenvalue weighted by atomic mass is 35.5. The molecule has 0 saturated carbocycles. The van der Waals surface area contributed by atoms with Crippen molar-refractivity contribution in [3.63, 3.8) is 0 Å². The van der Waals surface area contributed by atoms with Crippen molar-refractivity contribution in [2.45, 2.75) is 25.6 Å². The predicted octanol–water partition coefficient (Wildman–Crippen LogP) is 3.32. The number of ether oxygens (including phenoxy) is 1. The van der Waals surface area contributed by atoms with Crippen molar-refractivity contribution >= 4 is 41.1 Å². The number of rotatable bonds is 4. The number of anilines is 1. The lowest BCUT2D eigenvalue weighted by molar-refractivity contribution is -0.144. The molecule has 1 aliphatic rings. The van der Waals surface area contributed by atoms with Crippen molar-refractivity contribution in [1.29, 1.82) is 0 Å². The van der Waals surface area contributed by atoms with Gasteiger partial charge in [-0.1, -0.05) is 17.7 Å². The molecular weight excluding hydrogens is 381 g/mol. The van der Waals surface area contributed by atoms with E-state index in [2.05, 4.69) is 10.4 Å². The zero-order chi connectivity index (χ0) is 18.8. The van der Waals surface area contributed by atoms with Crippen LogP contribution in [-0.4, -0.2) is 34.0 Å². The summed E-state index contributed by atoms with van der Waals surface area (Å²) >= 11 is 7.51. The number of aromatic nitrogens is 2. The highest BCUT2D eigenvalue weighted by molar-refractivity contribution is 8.00. The van der Waals surface area contributed by atoms with Gasteiger partial charge in [-0.3, -0.25) is 9.59 Å². The zero-order valence-corrected chi connectivity index (χ0v) is 15.8. The Labute approximate surface area is 159 Å². The van der Waals surface area contributed by atoms with Gasteiger partial charge in [-0.15, -0.1) is 11.8 Å². The summed E-state index contributed by atoms with van der Waals surface area (Å²) in [7, 11) is 0. The van der Waals surface area contributed by atoms with Gasteiger partial charge in [-0.25, -0.2) is 9.07 Å². The number of thioether (sulfide) groups is 1. The molecule has 1 aliphatic heterocycles. The minimum atomic E-state index is -0.520. The first-order valence-electron chi connectivity index (χ1n) is 8.00. The quantitative estimate of drug-likeness (QED) is 0.801. The average molecular weight is 398 g/mol. The lowest BCUT2D eigenvalue weighted by Gasteiger charge is -2.17. The van der Waals surface area contributed by atoms with E-state index in [1.165, 1.54) is 28.6 Å². The molecule has 1 aromatic carbocycles. The molecule has 2 heterocycles. The molecule has 0 unspecified atom stereocenters. The second kappa shape index (κ2) is 7.67. The monoisotopic (exact) mass is 397 g/mol. The van der Waals surface area contributed by atoms with E-state index in [0.29, 0.717) is 22.6 Å². The average Bonchev–Trinajstić information content (AvgIpc) is 2.75. The number of amides is 1. The zero-order valence-electron chi connectivity index (χ0n) is 14.2. The Morgan fingerprint density at radius 1 is 1.50 bits per heavy atom. The summed E-state index contributed by atoms with van der Waals surface area (Å²) in [6, 6.07) is 4.47. The molecule has 0 saturated heterocycles. The van der Waals surface area contributed by atoms with Crippen LogP contribution >= 0.6 is 23.4 Å². The van der Waals surface area contributed by atoms with Gasteiger partial charge in [0, 0.05) is 16.1 Å². The van der Waals surface area contributed by atoms with Crippen molar-refractivity contribution in [2.24, 2.45) is 0 Å². The summed E-state index contributed by atoms with van der Waals surface area (Å²) in [6.45, 7) is 3.56. The SMILES string of the molecule is CCOC(=O)Cn1nc(C)c2c1NC(=O)CS[C@H]2c1c(F)cccc1Cl. The topological polar surface area (TPSA) is 73.2 Å². The van der Waals surface area contributed by atoms with Crippen LogP contribution in [0.3, 0.4) is 0 Å².